The lowest BCUT2D eigenvalue weighted by Crippen LogP contribution is -2.30. The monoisotopic (exact) mass is 310 g/mol. The summed E-state index contributed by atoms with van der Waals surface area (Å²) in [5.41, 5.74) is 7.32. The molecule has 21 heavy (non-hydrogen) atoms. The molecular formula is C16H17ClF2N2. The molecular weight excluding hydrogens is 294 g/mol. The molecule has 0 heterocycles. The highest BCUT2D eigenvalue weighted by Crippen LogP contribution is 2.23. The van der Waals surface area contributed by atoms with Crippen LogP contribution in [0.4, 0.5) is 8.78 Å². The van der Waals surface area contributed by atoms with Gasteiger partial charge in [0.1, 0.15) is 11.6 Å². The van der Waals surface area contributed by atoms with Crippen LogP contribution in [0.15, 0.2) is 42.5 Å². The quantitative estimate of drug-likeness (QED) is 0.911. The van der Waals surface area contributed by atoms with Crippen molar-refractivity contribution in [2.45, 2.75) is 12.6 Å². The van der Waals surface area contributed by atoms with Gasteiger partial charge in [-0.2, -0.15) is 0 Å². The zero-order valence-corrected chi connectivity index (χ0v) is 12.4. The van der Waals surface area contributed by atoms with Crippen LogP contribution in [0.25, 0.3) is 0 Å². The second-order valence-electron chi connectivity index (χ2n) is 5.00. The van der Waals surface area contributed by atoms with Crippen molar-refractivity contribution in [3.63, 3.8) is 0 Å². The fourth-order valence-electron chi connectivity index (χ4n) is 2.37. The molecule has 0 spiro atoms. The lowest BCUT2D eigenvalue weighted by molar-refractivity contribution is 0.241. The lowest BCUT2D eigenvalue weighted by Gasteiger charge is -2.27. The predicted molar refractivity (Wildman–Crippen MR) is 81.1 cm³/mol. The van der Waals surface area contributed by atoms with Gasteiger partial charge >= 0.3 is 0 Å². The zero-order valence-electron chi connectivity index (χ0n) is 11.7. The molecule has 0 bridgehead atoms. The molecule has 0 aliphatic heterocycles. The van der Waals surface area contributed by atoms with Crippen LogP contribution in [0.5, 0.6) is 0 Å². The highest BCUT2D eigenvalue weighted by molar-refractivity contribution is 6.30. The Hall–Kier alpha value is -1.49. The Bertz CT molecular complexity index is 599. The van der Waals surface area contributed by atoms with Crippen molar-refractivity contribution in [1.29, 1.82) is 0 Å². The lowest BCUT2D eigenvalue weighted by atomic mass is 10.0. The second-order valence-corrected chi connectivity index (χ2v) is 5.44. The zero-order chi connectivity index (χ0) is 15.4. The number of hydrogen-bond donors (Lipinski definition) is 1. The smallest absolute Gasteiger partial charge is 0.126 e. The third kappa shape index (κ3) is 4.24. The minimum Gasteiger partial charge on any atom is -0.329 e. The van der Waals surface area contributed by atoms with Crippen molar-refractivity contribution < 1.29 is 8.78 Å². The van der Waals surface area contributed by atoms with Gasteiger partial charge in [-0.1, -0.05) is 23.7 Å². The Morgan fingerprint density at radius 2 is 1.81 bits per heavy atom. The highest BCUT2D eigenvalue weighted by atomic mass is 35.5. The average Bonchev–Trinajstić information content (AvgIpc) is 2.38. The van der Waals surface area contributed by atoms with Crippen LogP contribution in [0.3, 0.4) is 0 Å². The van der Waals surface area contributed by atoms with Gasteiger partial charge in [0.25, 0.3) is 0 Å². The second kappa shape index (κ2) is 6.98. The Balaban J connectivity index is 2.20. The van der Waals surface area contributed by atoms with E-state index in [0.29, 0.717) is 17.1 Å². The van der Waals surface area contributed by atoms with Gasteiger partial charge in [0.05, 0.1) is 0 Å². The molecule has 1 atom stereocenters. The molecule has 112 valence electrons. The first-order valence-electron chi connectivity index (χ1n) is 6.60. The summed E-state index contributed by atoms with van der Waals surface area (Å²) in [4.78, 5) is 1.94. The molecule has 0 fully saturated rings. The first-order valence-corrected chi connectivity index (χ1v) is 6.98. The summed E-state index contributed by atoms with van der Waals surface area (Å²) in [6.07, 6.45) is 0. The summed E-state index contributed by atoms with van der Waals surface area (Å²) in [6.45, 7) is 0.848. The molecule has 0 saturated heterocycles. The van der Waals surface area contributed by atoms with Crippen LogP contribution in [0.2, 0.25) is 5.02 Å². The Kier molecular flexibility index (Phi) is 5.28. The molecule has 2 nitrogen and oxygen atoms in total. The third-order valence-electron chi connectivity index (χ3n) is 3.35. The van der Waals surface area contributed by atoms with Gasteiger partial charge in [0, 0.05) is 30.2 Å². The predicted octanol–water partition coefficient (Wildman–Crippen LogP) is 3.75. The third-order valence-corrected chi connectivity index (χ3v) is 3.58. The fourth-order valence-corrected chi connectivity index (χ4v) is 2.58. The summed E-state index contributed by atoms with van der Waals surface area (Å²) in [7, 11) is 1.86. The summed E-state index contributed by atoms with van der Waals surface area (Å²) >= 11 is 5.96. The Morgan fingerprint density at radius 1 is 1.14 bits per heavy atom. The van der Waals surface area contributed by atoms with Gasteiger partial charge in [-0.15, -0.1) is 0 Å². The molecule has 0 amide bonds. The van der Waals surface area contributed by atoms with Gasteiger partial charge in [-0.3, -0.25) is 4.90 Å². The number of likely N-dealkylation sites (N-methyl/N-ethyl adjacent to an activating group) is 1. The molecule has 2 N–H and O–H groups in total. The van der Waals surface area contributed by atoms with Crippen molar-refractivity contribution >= 4 is 11.6 Å². The van der Waals surface area contributed by atoms with E-state index in [1.165, 1.54) is 12.1 Å². The van der Waals surface area contributed by atoms with E-state index in [1.54, 1.807) is 6.07 Å². The molecule has 2 aromatic rings. The molecule has 0 aliphatic carbocycles. The number of hydrogen-bond acceptors (Lipinski definition) is 2. The van der Waals surface area contributed by atoms with Gasteiger partial charge in [-0.05, 0) is 42.4 Å². The van der Waals surface area contributed by atoms with Crippen molar-refractivity contribution in [1.82, 2.24) is 4.90 Å². The van der Waals surface area contributed by atoms with E-state index in [1.807, 2.05) is 30.1 Å². The maximum Gasteiger partial charge on any atom is 0.126 e. The van der Waals surface area contributed by atoms with Crippen LogP contribution in [0.1, 0.15) is 17.2 Å². The SMILES string of the molecule is CN(Cc1cccc(Cl)c1)C(CN)c1cc(F)cc(F)c1. The number of benzene rings is 2. The van der Waals surface area contributed by atoms with E-state index in [0.717, 1.165) is 11.6 Å². The first kappa shape index (κ1) is 15.9. The van der Waals surface area contributed by atoms with Crippen molar-refractivity contribution in [2.24, 2.45) is 5.73 Å². The van der Waals surface area contributed by atoms with Crippen molar-refractivity contribution in [3.8, 4) is 0 Å². The largest absolute Gasteiger partial charge is 0.329 e. The Morgan fingerprint density at radius 3 is 2.38 bits per heavy atom. The van der Waals surface area contributed by atoms with Gasteiger partial charge < -0.3 is 5.73 Å². The Labute approximate surface area is 128 Å². The van der Waals surface area contributed by atoms with Gasteiger partial charge in [0.2, 0.25) is 0 Å². The van der Waals surface area contributed by atoms with Gasteiger partial charge in [0.15, 0.2) is 0 Å². The topological polar surface area (TPSA) is 29.3 Å². The average molecular weight is 311 g/mol. The molecule has 1 unspecified atom stereocenters. The number of nitrogens with two attached hydrogens (primary N) is 1. The minimum absolute atomic E-state index is 0.264. The fraction of sp³-hybridized carbons (Fsp3) is 0.250. The molecule has 0 aliphatic rings. The number of halogens is 3. The van der Waals surface area contributed by atoms with Crippen LogP contribution in [0, 0.1) is 11.6 Å². The van der Waals surface area contributed by atoms with Crippen LogP contribution < -0.4 is 5.73 Å². The number of rotatable bonds is 5. The summed E-state index contributed by atoms with van der Waals surface area (Å²) in [6, 6.07) is 10.7. The summed E-state index contributed by atoms with van der Waals surface area (Å²) in [5, 5.41) is 0.655. The summed E-state index contributed by atoms with van der Waals surface area (Å²) in [5.74, 6) is -1.20. The van der Waals surface area contributed by atoms with Crippen molar-refractivity contribution in [2.75, 3.05) is 13.6 Å². The molecule has 2 aromatic carbocycles. The normalized spacial score (nSPS) is 12.7. The minimum atomic E-state index is -0.598. The van der Waals surface area contributed by atoms with Crippen LogP contribution >= 0.6 is 11.6 Å². The molecule has 0 saturated carbocycles. The van der Waals surface area contributed by atoms with E-state index in [-0.39, 0.29) is 12.6 Å². The summed E-state index contributed by atoms with van der Waals surface area (Å²) < 4.78 is 26.7. The first-order chi connectivity index (χ1) is 9.99. The van der Waals surface area contributed by atoms with E-state index >= 15 is 0 Å². The van der Waals surface area contributed by atoms with Crippen LogP contribution in [-0.4, -0.2) is 18.5 Å². The standard InChI is InChI=1S/C16H17ClF2N2/c1-21(10-11-3-2-4-13(17)5-11)16(9-20)12-6-14(18)8-15(19)7-12/h2-8,16H,9-10,20H2,1H3. The van der Waals surface area contributed by atoms with E-state index in [4.69, 9.17) is 17.3 Å². The van der Waals surface area contributed by atoms with Crippen molar-refractivity contribution in [3.05, 3.63) is 70.2 Å². The maximum atomic E-state index is 13.4. The molecule has 0 aromatic heterocycles. The molecule has 2 rings (SSSR count). The maximum absolute atomic E-state index is 13.4. The molecule has 5 heteroatoms. The van der Waals surface area contributed by atoms with E-state index in [9.17, 15) is 8.78 Å². The van der Waals surface area contributed by atoms with E-state index in [2.05, 4.69) is 0 Å². The van der Waals surface area contributed by atoms with E-state index < -0.39 is 11.6 Å². The highest BCUT2D eigenvalue weighted by Gasteiger charge is 2.17. The number of nitrogens with zero attached hydrogens (tertiary/aromatic N) is 1. The molecule has 0 radical (unpaired) electrons. The van der Waals surface area contributed by atoms with Gasteiger partial charge in [-0.25, -0.2) is 8.78 Å². The van der Waals surface area contributed by atoms with Crippen LogP contribution in [-0.2, 0) is 6.54 Å².